The standard InChI is InChI=1S/C14H18N2O4.ClH/c1-9-13(15-4-5-18-9)14(17)16-7-10-2-3-11-12(6-10)20-8-19-11;/h2-3,6,9,13,15H,4-5,7-8H2,1H3,(H,16,17);1H/t9-,13+;/m1./s1. The van der Waals surface area contributed by atoms with E-state index in [4.69, 9.17) is 14.2 Å². The van der Waals surface area contributed by atoms with E-state index in [1.54, 1.807) is 0 Å². The Morgan fingerprint density at radius 2 is 2.19 bits per heavy atom. The van der Waals surface area contributed by atoms with E-state index in [1.165, 1.54) is 0 Å². The number of benzene rings is 1. The van der Waals surface area contributed by atoms with Crippen molar-refractivity contribution in [2.75, 3.05) is 19.9 Å². The van der Waals surface area contributed by atoms with E-state index >= 15 is 0 Å². The van der Waals surface area contributed by atoms with Gasteiger partial charge >= 0.3 is 0 Å². The second-order valence-electron chi connectivity index (χ2n) is 4.91. The van der Waals surface area contributed by atoms with Crippen LogP contribution in [0.5, 0.6) is 11.5 Å². The van der Waals surface area contributed by atoms with Crippen LogP contribution in [0.4, 0.5) is 0 Å². The van der Waals surface area contributed by atoms with Gasteiger partial charge in [0.25, 0.3) is 0 Å². The lowest BCUT2D eigenvalue weighted by atomic mass is 10.1. The minimum atomic E-state index is -0.294. The molecule has 1 saturated heterocycles. The number of carbonyl (C=O) groups excluding carboxylic acids is 1. The average Bonchev–Trinajstić information content (AvgIpc) is 2.92. The van der Waals surface area contributed by atoms with Gasteiger partial charge in [0.1, 0.15) is 6.04 Å². The Labute approximate surface area is 129 Å². The maximum Gasteiger partial charge on any atom is 0.240 e. The smallest absolute Gasteiger partial charge is 0.240 e. The first kappa shape index (κ1) is 15.9. The summed E-state index contributed by atoms with van der Waals surface area (Å²) in [5, 5.41) is 6.08. The van der Waals surface area contributed by atoms with Crippen LogP contribution < -0.4 is 20.1 Å². The molecule has 0 unspecified atom stereocenters. The van der Waals surface area contributed by atoms with E-state index in [0.717, 1.165) is 17.1 Å². The molecular formula is C14H19ClN2O4. The highest BCUT2D eigenvalue weighted by Crippen LogP contribution is 2.32. The highest BCUT2D eigenvalue weighted by molar-refractivity contribution is 5.85. The Balaban J connectivity index is 0.00000161. The summed E-state index contributed by atoms with van der Waals surface area (Å²) < 4.78 is 16.0. The first-order valence-electron chi connectivity index (χ1n) is 6.75. The van der Waals surface area contributed by atoms with Crippen LogP contribution in [0.15, 0.2) is 18.2 Å². The van der Waals surface area contributed by atoms with Crippen molar-refractivity contribution in [3.63, 3.8) is 0 Å². The van der Waals surface area contributed by atoms with Crippen LogP contribution in [-0.4, -0.2) is 38.0 Å². The molecule has 1 aromatic rings. The van der Waals surface area contributed by atoms with Gasteiger partial charge in [0.05, 0.1) is 12.7 Å². The summed E-state index contributed by atoms with van der Waals surface area (Å²) in [6.07, 6.45) is -0.111. The van der Waals surface area contributed by atoms with Gasteiger partial charge in [-0.05, 0) is 24.6 Å². The molecule has 0 aliphatic carbocycles. The Morgan fingerprint density at radius 3 is 3.00 bits per heavy atom. The Hall–Kier alpha value is -1.50. The van der Waals surface area contributed by atoms with E-state index in [9.17, 15) is 4.79 Å². The molecule has 2 N–H and O–H groups in total. The molecule has 6 nitrogen and oxygen atoms in total. The predicted molar refractivity (Wildman–Crippen MR) is 78.9 cm³/mol. The van der Waals surface area contributed by atoms with Crippen LogP contribution in [0.2, 0.25) is 0 Å². The first-order valence-corrected chi connectivity index (χ1v) is 6.75. The number of nitrogens with one attached hydrogen (secondary N) is 2. The van der Waals surface area contributed by atoms with Crippen molar-refractivity contribution in [1.82, 2.24) is 10.6 Å². The Bertz CT molecular complexity index is 512. The van der Waals surface area contributed by atoms with E-state index in [2.05, 4.69) is 10.6 Å². The van der Waals surface area contributed by atoms with E-state index in [1.807, 2.05) is 25.1 Å². The largest absolute Gasteiger partial charge is 0.454 e. The lowest BCUT2D eigenvalue weighted by Gasteiger charge is -2.29. The highest BCUT2D eigenvalue weighted by Gasteiger charge is 2.28. The topological polar surface area (TPSA) is 68.8 Å². The van der Waals surface area contributed by atoms with Crippen LogP contribution in [0.25, 0.3) is 0 Å². The second-order valence-corrected chi connectivity index (χ2v) is 4.91. The number of carbonyl (C=O) groups is 1. The third kappa shape index (κ3) is 3.58. The number of hydrogen-bond donors (Lipinski definition) is 2. The van der Waals surface area contributed by atoms with Crippen molar-refractivity contribution in [3.8, 4) is 11.5 Å². The summed E-state index contributed by atoms with van der Waals surface area (Å²) in [6, 6.07) is 5.37. The van der Waals surface area contributed by atoms with Gasteiger partial charge in [-0.2, -0.15) is 0 Å². The summed E-state index contributed by atoms with van der Waals surface area (Å²) in [4.78, 5) is 12.1. The van der Waals surface area contributed by atoms with E-state index in [0.29, 0.717) is 19.7 Å². The maximum atomic E-state index is 12.1. The van der Waals surface area contributed by atoms with Gasteiger partial charge in [-0.1, -0.05) is 6.07 Å². The minimum absolute atomic E-state index is 0. The molecule has 0 saturated carbocycles. The van der Waals surface area contributed by atoms with Crippen LogP contribution in [0.3, 0.4) is 0 Å². The zero-order chi connectivity index (χ0) is 13.9. The first-order chi connectivity index (χ1) is 9.74. The van der Waals surface area contributed by atoms with Crippen LogP contribution >= 0.6 is 12.4 Å². The average molecular weight is 315 g/mol. The van der Waals surface area contributed by atoms with E-state index in [-0.39, 0.29) is 37.3 Å². The zero-order valence-electron chi connectivity index (χ0n) is 11.8. The molecule has 0 aromatic heterocycles. The molecule has 2 aliphatic rings. The van der Waals surface area contributed by atoms with Gasteiger partial charge in [0, 0.05) is 13.1 Å². The fraction of sp³-hybridized carbons (Fsp3) is 0.500. The molecular weight excluding hydrogens is 296 g/mol. The maximum absolute atomic E-state index is 12.1. The minimum Gasteiger partial charge on any atom is -0.454 e. The number of amides is 1. The molecule has 116 valence electrons. The normalized spacial score (nSPS) is 23.3. The number of halogens is 1. The quantitative estimate of drug-likeness (QED) is 0.865. The fourth-order valence-electron chi connectivity index (χ4n) is 2.38. The van der Waals surface area contributed by atoms with Gasteiger partial charge in [0.2, 0.25) is 12.7 Å². The molecule has 2 aliphatic heterocycles. The summed E-state index contributed by atoms with van der Waals surface area (Å²) in [5.41, 5.74) is 0.979. The van der Waals surface area contributed by atoms with Crippen LogP contribution in [-0.2, 0) is 16.1 Å². The number of fused-ring (bicyclic) bond motifs is 1. The van der Waals surface area contributed by atoms with Gasteiger partial charge in [-0.15, -0.1) is 12.4 Å². The molecule has 0 bridgehead atoms. The van der Waals surface area contributed by atoms with E-state index < -0.39 is 0 Å². The number of ether oxygens (including phenoxy) is 3. The van der Waals surface area contributed by atoms with Crippen LogP contribution in [0, 0.1) is 0 Å². The summed E-state index contributed by atoms with van der Waals surface area (Å²) in [5.74, 6) is 1.43. The molecule has 21 heavy (non-hydrogen) atoms. The van der Waals surface area contributed by atoms with Gasteiger partial charge in [0.15, 0.2) is 11.5 Å². The molecule has 7 heteroatoms. The van der Waals surface area contributed by atoms with Crippen molar-refractivity contribution >= 4 is 18.3 Å². The number of hydrogen-bond acceptors (Lipinski definition) is 5. The zero-order valence-corrected chi connectivity index (χ0v) is 12.6. The summed E-state index contributed by atoms with van der Waals surface area (Å²) >= 11 is 0. The lowest BCUT2D eigenvalue weighted by molar-refractivity contribution is -0.129. The molecule has 2 heterocycles. The third-order valence-electron chi connectivity index (χ3n) is 3.50. The monoisotopic (exact) mass is 314 g/mol. The molecule has 1 fully saturated rings. The van der Waals surface area contributed by atoms with Crippen molar-refractivity contribution in [2.45, 2.75) is 25.6 Å². The SMILES string of the molecule is C[C@H]1OCCN[C@@H]1C(=O)NCc1ccc2c(c1)OCO2.Cl. The Kier molecular flexibility index (Phi) is 5.27. The van der Waals surface area contributed by atoms with Crippen molar-refractivity contribution in [1.29, 1.82) is 0 Å². The van der Waals surface area contributed by atoms with Crippen molar-refractivity contribution < 1.29 is 19.0 Å². The highest BCUT2D eigenvalue weighted by atomic mass is 35.5. The van der Waals surface area contributed by atoms with Crippen molar-refractivity contribution in [3.05, 3.63) is 23.8 Å². The second kappa shape index (κ2) is 6.98. The predicted octanol–water partition coefficient (Wildman–Crippen LogP) is 0.830. The molecule has 1 amide bonds. The molecule has 1 aromatic carbocycles. The molecule has 3 rings (SSSR count). The Morgan fingerprint density at radius 1 is 1.38 bits per heavy atom. The fourth-order valence-corrected chi connectivity index (χ4v) is 2.38. The third-order valence-corrected chi connectivity index (χ3v) is 3.50. The summed E-state index contributed by atoms with van der Waals surface area (Å²) in [7, 11) is 0. The van der Waals surface area contributed by atoms with Crippen LogP contribution in [0.1, 0.15) is 12.5 Å². The lowest BCUT2D eigenvalue weighted by Crippen LogP contribution is -2.55. The van der Waals surface area contributed by atoms with Crippen molar-refractivity contribution in [2.24, 2.45) is 0 Å². The van der Waals surface area contributed by atoms with Gasteiger partial charge < -0.3 is 24.8 Å². The number of morpholine rings is 1. The molecule has 0 radical (unpaired) electrons. The molecule has 0 spiro atoms. The van der Waals surface area contributed by atoms with Gasteiger partial charge in [-0.3, -0.25) is 4.79 Å². The summed E-state index contributed by atoms with van der Waals surface area (Å²) in [6.45, 7) is 3.96. The number of rotatable bonds is 3. The molecule has 2 atom stereocenters. The van der Waals surface area contributed by atoms with Gasteiger partial charge in [-0.25, -0.2) is 0 Å².